The van der Waals surface area contributed by atoms with E-state index < -0.39 is 0 Å². The summed E-state index contributed by atoms with van der Waals surface area (Å²) in [6.45, 7) is 11.7. The van der Waals surface area contributed by atoms with Crippen LogP contribution in [0.1, 0.15) is 81.2 Å². The molecule has 0 unspecified atom stereocenters. The molecule has 0 radical (unpaired) electrons. The van der Waals surface area contributed by atoms with Crippen LogP contribution in [-0.2, 0) is 10.8 Å². The average Bonchev–Trinajstić information content (AvgIpc) is 3.19. The van der Waals surface area contributed by atoms with E-state index in [0.717, 1.165) is 25.7 Å². The van der Waals surface area contributed by atoms with Crippen molar-refractivity contribution in [1.82, 2.24) is 0 Å². The molecule has 0 bridgehead atoms. The van der Waals surface area contributed by atoms with Crippen molar-refractivity contribution in [2.24, 2.45) is 0 Å². The van der Waals surface area contributed by atoms with Crippen molar-refractivity contribution >= 4 is 0 Å². The molecule has 5 rings (SSSR count). The van der Waals surface area contributed by atoms with E-state index in [1.165, 1.54) is 33.4 Å². The molecule has 29 heavy (non-hydrogen) atoms. The van der Waals surface area contributed by atoms with Gasteiger partial charge in [0.2, 0.25) is 0 Å². The molecule has 0 aliphatic heterocycles. The zero-order valence-corrected chi connectivity index (χ0v) is 18.5. The van der Waals surface area contributed by atoms with E-state index in [2.05, 4.69) is 89.2 Å². The summed E-state index contributed by atoms with van der Waals surface area (Å²) in [7, 11) is 0. The van der Waals surface area contributed by atoms with E-state index in [1.54, 1.807) is 16.7 Å². The molecule has 0 heterocycles. The van der Waals surface area contributed by atoms with Crippen molar-refractivity contribution in [3.63, 3.8) is 0 Å². The van der Waals surface area contributed by atoms with Crippen molar-refractivity contribution in [3.05, 3.63) is 82.4 Å². The van der Waals surface area contributed by atoms with Crippen LogP contribution in [-0.4, -0.2) is 0 Å². The summed E-state index contributed by atoms with van der Waals surface area (Å²) in [5.41, 5.74) is 13.8. The highest BCUT2D eigenvalue weighted by Crippen LogP contribution is 2.59. The van der Waals surface area contributed by atoms with Crippen molar-refractivity contribution in [3.8, 4) is 22.3 Å². The van der Waals surface area contributed by atoms with Crippen LogP contribution < -0.4 is 0 Å². The van der Waals surface area contributed by atoms with E-state index in [9.17, 15) is 0 Å². The Balaban J connectivity index is 1.88. The van der Waals surface area contributed by atoms with Crippen LogP contribution in [0.25, 0.3) is 22.3 Å². The quantitative estimate of drug-likeness (QED) is 0.428. The predicted molar refractivity (Wildman–Crippen MR) is 125 cm³/mol. The summed E-state index contributed by atoms with van der Waals surface area (Å²) in [5, 5.41) is 0. The standard InChI is InChI=1S/C29H32/c1-6-28(7-2)24-13-11-10-12-20(24)22-17-27-23(18-26(22)28)21-15-14-19(5)16-25(21)29(27,8-3)9-4/h10-18H,6-9H2,1-5H3. The van der Waals surface area contributed by atoms with Gasteiger partial charge in [-0.3, -0.25) is 0 Å². The Kier molecular flexibility index (Phi) is 4.07. The fraction of sp³-hybridized carbons (Fsp3) is 0.379. The van der Waals surface area contributed by atoms with Gasteiger partial charge in [-0.25, -0.2) is 0 Å². The lowest BCUT2D eigenvalue weighted by Crippen LogP contribution is -2.24. The van der Waals surface area contributed by atoms with E-state index in [1.807, 2.05) is 0 Å². The highest BCUT2D eigenvalue weighted by Gasteiger charge is 2.45. The van der Waals surface area contributed by atoms with Gasteiger partial charge in [0.15, 0.2) is 0 Å². The van der Waals surface area contributed by atoms with Gasteiger partial charge < -0.3 is 0 Å². The minimum Gasteiger partial charge on any atom is -0.0642 e. The molecule has 0 atom stereocenters. The van der Waals surface area contributed by atoms with E-state index in [-0.39, 0.29) is 10.8 Å². The van der Waals surface area contributed by atoms with Crippen LogP contribution in [0.5, 0.6) is 0 Å². The van der Waals surface area contributed by atoms with Gasteiger partial charge >= 0.3 is 0 Å². The summed E-state index contributed by atoms with van der Waals surface area (Å²) in [5.74, 6) is 0. The Labute approximate surface area is 176 Å². The molecule has 3 aromatic carbocycles. The summed E-state index contributed by atoms with van der Waals surface area (Å²) < 4.78 is 0. The van der Waals surface area contributed by atoms with Crippen LogP contribution in [0, 0.1) is 6.92 Å². The monoisotopic (exact) mass is 380 g/mol. The van der Waals surface area contributed by atoms with Crippen molar-refractivity contribution in [1.29, 1.82) is 0 Å². The summed E-state index contributed by atoms with van der Waals surface area (Å²) in [6, 6.07) is 21.4. The Morgan fingerprint density at radius 1 is 0.517 bits per heavy atom. The third kappa shape index (κ3) is 2.15. The lowest BCUT2D eigenvalue weighted by Gasteiger charge is -2.32. The Morgan fingerprint density at radius 2 is 1.00 bits per heavy atom. The number of rotatable bonds is 4. The summed E-state index contributed by atoms with van der Waals surface area (Å²) in [4.78, 5) is 0. The minimum absolute atomic E-state index is 0.143. The molecule has 0 nitrogen and oxygen atoms in total. The zero-order valence-electron chi connectivity index (χ0n) is 18.5. The molecule has 2 aliphatic rings. The second kappa shape index (κ2) is 6.33. The van der Waals surface area contributed by atoms with Crippen LogP contribution in [0.4, 0.5) is 0 Å². The fourth-order valence-electron chi connectivity index (χ4n) is 6.58. The lowest BCUT2D eigenvalue weighted by atomic mass is 9.71. The average molecular weight is 381 g/mol. The van der Waals surface area contributed by atoms with Crippen LogP contribution in [0.2, 0.25) is 0 Å². The molecule has 2 aliphatic carbocycles. The molecule has 0 fully saturated rings. The lowest BCUT2D eigenvalue weighted by molar-refractivity contribution is 0.485. The molecule has 3 aromatic rings. The smallest absolute Gasteiger partial charge is 0.0210 e. The minimum atomic E-state index is 0.143. The Morgan fingerprint density at radius 3 is 1.59 bits per heavy atom. The highest BCUT2D eigenvalue weighted by molar-refractivity contribution is 5.90. The Bertz CT molecular complexity index is 1110. The van der Waals surface area contributed by atoms with Gasteiger partial charge in [0, 0.05) is 10.8 Å². The van der Waals surface area contributed by atoms with Gasteiger partial charge in [0.05, 0.1) is 0 Å². The molecule has 0 heteroatoms. The maximum absolute atomic E-state index is 2.58. The van der Waals surface area contributed by atoms with Crippen molar-refractivity contribution in [2.75, 3.05) is 0 Å². The van der Waals surface area contributed by atoms with Crippen molar-refractivity contribution < 1.29 is 0 Å². The van der Waals surface area contributed by atoms with Gasteiger partial charge in [-0.1, -0.05) is 75.7 Å². The van der Waals surface area contributed by atoms with E-state index >= 15 is 0 Å². The molecule has 0 aromatic heterocycles. The first-order chi connectivity index (χ1) is 14.1. The number of benzene rings is 3. The fourth-order valence-corrected chi connectivity index (χ4v) is 6.58. The normalized spacial score (nSPS) is 16.9. The first-order valence-electron chi connectivity index (χ1n) is 11.5. The second-order valence-electron chi connectivity index (χ2n) is 9.12. The maximum Gasteiger partial charge on any atom is 0.0210 e. The SMILES string of the molecule is CCC1(CC)c2ccccc2-c2cc3c(cc21)-c1ccc(C)cc1C3(CC)CC. The Hall–Kier alpha value is -2.34. The topological polar surface area (TPSA) is 0 Å². The van der Waals surface area contributed by atoms with Gasteiger partial charge in [-0.05, 0) is 89.2 Å². The van der Waals surface area contributed by atoms with Gasteiger partial charge in [-0.15, -0.1) is 0 Å². The van der Waals surface area contributed by atoms with Crippen molar-refractivity contribution in [2.45, 2.75) is 71.1 Å². The number of fused-ring (bicyclic) bond motifs is 6. The van der Waals surface area contributed by atoms with Crippen LogP contribution >= 0.6 is 0 Å². The maximum atomic E-state index is 2.58. The van der Waals surface area contributed by atoms with Crippen LogP contribution in [0.15, 0.2) is 54.6 Å². The third-order valence-electron chi connectivity index (χ3n) is 8.32. The molecule has 0 saturated heterocycles. The number of hydrogen-bond donors (Lipinski definition) is 0. The van der Waals surface area contributed by atoms with Gasteiger partial charge in [0.1, 0.15) is 0 Å². The van der Waals surface area contributed by atoms with E-state index in [4.69, 9.17) is 0 Å². The molecular formula is C29H32. The highest BCUT2D eigenvalue weighted by atomic mass is 14.5. The molecular weight excluding hydrogens is 348 g/mol. The zero-order chi connectivity index (χ0) is 20.4. The third-order valence-corrected chi connectivity index (χ3v) is 8.32. The molecule has 0 amide bonds. The summed E-state index contributed by atoms with van der Waals surface area (Å²) in [6.07, 6.45) is 4.61. The van der Waals surface area contributed by atoms with Gasteiger partial charge in [-0.2, -0.15) is 0 Å². The predicted octanol–water partition coefficient (Wildman–Crippen LogP) is 8.17. The second-order valence-corrected chi connectivity index (χ2v) is 9.12. The summed E-state index contributed by atoms with van der Waals surface area (Å²) >= 11 is 0. The van der Waals surface area contributed by atoms with E-state index in [0.29, 0.717) is 0 Å². The molecule has 0 saturated carbocycles. The molecule has 0 N–H and O–H groups in total. The molecule has 148 valence electrons. The van der Waals surface area contributed by atoms with Crippen LogP contribution in [0.3, 0.4) is 0 Å². The first kappa shape index (κ1) is 18.7. The van der Waals surface area contributed by atoms with Gasteiger partial charge in [0.25, 0.3) is 0 Å². The molecule has 0 spiro atoms. The largest absolute Gasteiger partial charge is 0.0642 e. The number of aryl methyl sites for hydroxylation is 1. The first-order valence-corrected chi connectivity index (χ1v) is 11.5. The number of hydrogen-bond acceptors (Lipinski definition) is 0.